The predicted octanol–water partition coefficient (Wildman–Crippen LogP) is 2.32. The number of esters is 1. The first-order valence-corrected chi connectivity index (χ1v) is 6.43. The maximum atomic E-state index is 11.1. The number of rotatable bonds is 4. The Labute approximate surface area is 110 Å². The molecule has 2 aromatic rings. The molecule has 1 heterocycles. The summed E-state index contributed by atoms with van der Waals surface area (Å²) in [5.74, 6) is 0.0431. The Morgan fingerprint density at radius 3 is 2.83 bits per heavy atom. The molecule has 0 amide bonds. The van der Waals surface area contributed by atoms with Gasteiger partial charge in [0.05, 0.1) is 29.3 Å². The molecular weight excluding hydrogens is 248 g/mol. The fraction of sp³-hybridized carbons (Fsp3) is 0.154. The van der Waals surface area contributed by atoms with E-state index in [1.807, 2.05) is 47.2 Å². The zero-order chi connectivity index (χ0) is 13.0. The Bertz CT molecular complexity index is 551. The van der Waals surface area contributed by atoms with Gasteiger partial charge in [-0.2, -0.15) is 0 Å². The highest BCUT2D eigenvalue weighted by atomic mass is 32.2. The number of aromatic nitrogens is 1. The van der Waals surface area contributed by atoms with Crippen molar-refractivity contribution in [1.82, 2.24) is 4.57 Å². The molecule has 94 valence electrons. The Kier molecular flexibility index (Phi) is 3.94. The third-order valence-electron chi connectivity index (χ3n) is 2.47. The summed E-state index contributed by atoms with van der Waals surface area (Å²) in [5.41, 5.74) is 7.56. The van der Waals surface area contributed by atoms with E-state index in [2.05, 4.69) is 4.74 Å². The van der Waals surface area contributed by atoms with Crippen LogP contribution in [0.5, 0.6) is 0 Å². The molecular formula is C13H14N2O2S. The summed E-state index contributed by atoms with van der Waals surface area (Å²) < 4.78 is 6.59. The summed E-state index contributed by atoms with van der Waals surface area (Å²) in [4.78, 5) is 11.1. The molecule has 2 N–H and O–H groups in total. The van der Waals surface area contributed by atoms with Crippen molar-refractivity contribution in [3.63, 3.8) is 0 Å². The number of ether oxygens (including phenoxy) is 1. The fourth-order valence-corrected chi connectivity index (χ4v) is 2.44. The van der Waals surface area contributed by atoms with Gasteiger partial charge in [0.15, 0.2) is 0 Å². The van der Waals surface area contributed by atoms with Gasteiger partial charge in [0, 0.05) is 6.20 Å². The molecule has 0 aliphatic carbocycles. The molecule has 2 rings (SSSR count). The van der Waals surface area contributed by atoms with Gasteiger partial charge in [0.1, 0.15) is 0 Å². The van der Waals surface area contributed by atoms with E-state index in [0.717, 1.165) is 10.7 Å². The second-order valence-electron chi connectivity index (χ2n) is 3.64. The van der Waals surface area contributed by atoms with Gasteiger partial charge < -0.3 is 15.0 Å². The van der Waals surface area contributed by atoms with Crippen LogP contribution < -0.4 is 5.73 Å². The van der Waals surface area contributed by atoms with Crippen LogP contribution in [0.15, 0.2) is 47.6 Å². The topological polar surface area (TPSA) is 57.2 Å². The first kappa shape index (κ1) is 12.6. The average Bonchev–Trinajstić information content (AvgIpc) is 2.84. The maximum Gasteiger partial charge on any atom is 0.316 e. The van der Waals surface area contributed by atoms with Crippen LogP contribution in [0.3, 0.4) is 0 Å². The number of carbonyl (C=O) groups is 1. The van der Waals surface area contributed by atoms with Crippen LogP contribution in [0.4, 0.5) is 5.69 Å². The quantitative estimate of drug-likeness (QED) is 0.522. The van der Waals surface area contributed by atoms with Crippen LogP contribution >= 0.6 is 11.8 Å². The van der Waals surface area contributed by atoms with Crippen LogP contribution in [0, 0.1) is 0 Å². The van der Waals surface area contributed by atoms with Crippen molar-refractivity contribution in [2.75, 3.05) is 18.6 Å². The number of nitrogen functional groups attached to an aromatic ring is 1. The number of anilines is 1. The molecule has 0 unspecified atom stereocenters. The van der Waals surface area contributed by atoms with E-state index in [9.17, 15) is 4.79 Å². The van der Waals surface area contributed by atoms with Crippen molar-refractivity contribution in [2.24, 2.45) is 0 Å². The smallest absolute Gasteiger partial charge is 0.316 e. The largest absolute Gasteiger partial charge is 0.468 e. The zero-order valence-corrected chi connectivity index (χ0v) is 10.8. The van der Waals surface area contributed by atoms with Gasteiger partial charge in [-0.1, -0.05) is 23.9 Å². The van der Waals surface area contributed by atoms with E-state index in [-0.39, 0.29) is 11.7 Å². The number of methoxy groups -OCH3 is 1. The van der Waals surface area contributed by atoms with E-state index in [4.69, 9.17) is 5.73 Å². The summed E-state index contributed by atoms with van der Waals surface area (Å²) in [6.45, 7) is 0. The van der Waals surface area contributed by atoms with Gasteiger partial charge >= 0.3 is 5.97 Å². The van der Waals surface area contributed by atoms with Crippen LogP contribution in [0.1, 0.15) is 0 Å². The summed E-state index contributed by atoms with van der Waals surface area (Å²) in [7, 11) is 1.39. The van der Waals surface area contributed by atoms with Gasteiger partial charge in [0.25, 0.3) is 0 Å². The van der Waals surface area contributed by atoms with Crippen LogP contribution in [0.2, 0.25) is 0 Å². The minimum absolute atomic E-state index is 0.242. The molecule has 4 nitrogen and oxygen atoms in total. The highest BCUT2D eigenvalue weighted by molar-refractivity contribution is 7.99. The van der Waals surface area contributed by atoms with Gasteiger partial charge in [-0.15, -0.1) is 0 Å². The number of nitrogens with zero attached hydrogens (tertiary/aromatic N) is 1. The molecule has 0 fully saturated rings. The normalized spacial score (nSPS) is 10.3. The van der Waals surface area contributed by atoms with Gasteiger partial charge in [-0.05, 0) is 24.3 Å². The summed E-state index contributed by atoms with van der Waals surface area (Å²) in [6, 6.07) is 11.5. The molecule has 0 bridgehead atoms. The SMILES string of the molecule is COC(=O)CSc1cccn1-c1ccccc1N. The Morgan fingerprint density at radius 2 is 2.11 bits per heavy atom. The molecule has 0 saturated heterocycles. The number of carbonyl (C=O) groups excluding carboxylic acids is 1. The summed E-state index contributed by atoms with van der Waals surface area (Å²) in [6.07, 6.45) is 1.92. The molecule has 18 heavy (non-hydrogen) atoms. The lowest BCUT2D eigenvalue weighted by Crippen LogP contribution is -2.05. The minimum atomic E-state index is -0.242. The third-order valence-corrected chi connectivity index (χ3v) is 3.48. The summed E-state index contributed by atoms with van der Waals surface area (Å²) in [5, 5.41) is 0.957. The van der Waals surface area contributed by atoms with Crippen molar-refractivity contribution in [1.29, 1.82) is 0 Å². The van der Waals surface area contributed by atoms with Gasteiger partial charge in [-0.3, -0.25) is 4.79 Å². The lowest BCUT2D eigenvalue weighted by Gasteiger charge is -2.10. The lowest BCUT2D eigenvalue weighted by atomic mass is 10.3. The minimum Gasteiger partial charge on any atom is -0.468 e. The lowest BCUT2D eigenvalue weighted by molar-refractivity contribution is -0.137. The first-order valence-electron chi connectivity index (χ1n) is 5.44. The Balaban J connectivity index is 2.23. The van der Waals surface area contributed by atoms with E-state index in [1.165, 1.54) is 18.9 Å². The molecule has 0 spiro atoms. The van der Waals surface area contributed by atoms with Crippen LogP contribution in [-0.4, -0.2) is 23.4 Å². The monoisotopic (exact) mass is 262 g/mol. The molecule has 0 radical (unpaired) electrons. The molecule has 1 aromatic carbocycles. The van der Waals surface area contributed by atoms with Crippen molar-refractivity contribution in [3.05, 3.63) is 42.6 Å². The Morgan fingerprint density at radius 1 is 1.33 bits per heavy atom. The number of hydrogen-bond acceptors (Lipinski definition) is 4. The number of nitrogens with two attached hydrogens (primary N) is 1. The zero-order valence-electron chi connectivity index (χ0n) is 10.00. The van der Waals surface area contributed by atoms with Crippen molar-refractivity contribution in [2.45, 2.75) is 5.03 Å². The molecule has 5 heteroatoms. The van der Waals surface area contributed by atoms with Crippen LogP contribution in [0.25, 0.3) is 5.69 Å². The van der Waals surface area contributed by atoms with Gasteiger partial charge in [-0.25, -0.2) is 0 Å². The van der Waals surface area contributed by atoms with Gasteiger partial charge in [0.2, 0.25) is 0 Å². The predicted molar refractivity (Wildman–Crippen MR) is 72.9 cm³/mol. The maximum absolute atomic E-state index is 11.1. The Hall–Kier alpha value is -1.88. The summed E-state index contributed by atoms with van der Waals surface area (Å²) >= 11 is 1.42. The van der Waals surface area contributed by atoms with Crippen molar-refractivity contribution >= 4 is 23.4 Å². The van der Waals surface area contributed by atoms with E-state index in [1.54, 1.807) is 0 Å². The first-order chi connectivity index (χ1) is 8.72. The highest BCUT2D eigenvalue weighted by Crippen LogP contribution is 2.25. The standard InChI is InChI=1S/C13H14N2O2S/c1-17-13(16)9-18-12-7-4-8-15(12)11-6-3-2-5-10(11)14/h2-8H,9,14H2,1H3. The second kappa shape index (κ2) is 5.64. The molecule has 0 saturated carbocycles. The van der Waals surface area contributed by atoms with E-state index >= 15 is 0 Å². The van der Waals surface area contributed by atoms with Crippen LogP contribution in [-0.2, 0) is 9.53 Å². The van der Waals surface area contributed by atoms with E-state index in [0.29, 0.717) is 5.69 Å². The highest BCUT2D eigenvalue weighted by Gasteiger charge is 2.08. The molecule has 0 aliphatic rings. The number of para-hydroxylation sites is 2. The van der Waals surface area contributed by atoms with Crippen molar-refractivity contribution < 1.29 is 9.53 Å². The average molecular weight is 262 g/mol. The van der Waals surface area contributed by atoms with Crippen molar-refractivity contribution in [3.8, 4) is 5.69 Å². The number of hydrogen-bond donors (Lipinski definition) is 1. The number of benzene rings is 1. The number of thioether (sulfide) groups is 1. The molecule has 0 aliphatic heterocycles. The van der Waals surface area contributed by atoms with E-state index < -0.39 is 0 Å². The second-order valence-corrected chi connectivity index (χ2v) is 4.64. The molecule has 1 aromatic heterocycles. The fourth-order valence-electron chi connectivity index (χ4n) is 1.58. The molecule has 0 atom stereocenters. The third kappa shape index (κ3) is 2.68.